The van der Waals surface area contributed by atoms with E-state index in [4.69, 9.17) is 0 Å². The molecule has 1 aromatic carbocycles. The number of nitriles is 1. The van der Waals surface area contributed by atoms with Gasteiger partial charge in [-0.15, -0.1) is 0 Å². The zero-order valence-electron chi connectivity index (χ0n) is 15.5. The fourth-order valence-corrected chi connectivity index (χ4v) is 3.66. The largest absolute Gasteiger partial charge is 0.387 e. The van der Waals surface area contributed by atoms with Crippen molar-refractivity contribution in [2.75, 3.05) is 0 Å². The molecule has 0 bridgehead atoms. The van der Waals surface area contributed by atoms with Crippen LogP contribution in [0.4, 0.5) is 0 Å². The van der Waals surface area contributed by atoms with E-state index in [-0.39, 0.29) is 28.6 Å². The van der Waals surface area contributed by atoms with Crippen LogP contribution in [-0.4, -0.2) is 23.0 Å². The highest BCUT2D eigenvalue weighted by molar-refractivity contribution is 5.97. The van der Waals surface area contributed by atoms with E-state index in [1.165, 1.54) is 0 Å². The number of carbonyl (C=O) groups is 1. The molecule has 0 spiro atoms. The third-order valence-electron chi connectivity index (χ3n) is 4.31. The van der Waals surface area contributed by atoms with Crippen LogP contribution in [0.3, 0.4) is 0 Å². The molecule has 5 heteroatoms. The summed E-state index contributed by atoms with van der Waals surface area (Å²) in [5.41, 5.74) is 1.12. The number of carbonyl (C=O) groups excluding carboxylic acids is 1. The molecule has 3 N–H and O–H groups in total. The molecule has 2 rings (SSSR count). The van der Waals surface area contributed by atoms with Crippen molar-refractivity contribution in [2.24, 2.45) is 0 Å². The summed E-state index contributed by atoms with van der Waals surface area (Å²) in [5.74, 6) is -0.355. The zero-order valence-corrected chi connectivity index (χ0v) is 15.5. The second-order valence-electron chi connectivity index (χ2n) is 8.00. The molecule has 0 unspecified atom stereocenters. The van der Waals surface area contributed by atoms with Crippen LogP contribution >= 0.6 is 0 Å². The molecule has 1 saturated heterocycles. The maximum absolute atomic E-state index is 12.2. The Kier molecular flexibility index (Phi) is 5.86. The molecule has 1 aromatic rings. The Balaban J connectivity index is 1.95. The Morgan fingerprint density at radius 3 is 2.40 bits per heavy atom. The molecule has 1 heterocycles. The van der Waals surface area contributed by atoms with Gasteiger partial charge in [0.2, 0.25) is 0 Å². The van der Waals surface area contributed by atoms with E-state index in [2.05, 4.69) is 43.6 Å². The van der Waals surface area contributed by atoms with Crippen molar-refractivity contribution in [3.05, 3.63) is 47.7 Å². The lowest BCUT2D eigenvalue weighted by Gasteiger charge is -2.46. The minimum absolute atomic E-state index is 0.00955. The maximum Gasteiger partial charge on any atom is 0.263 e. The summed E-state index contributed by atoms with van der Waals surface area (Å²) in [6, 6.07) is 11.9. The highest BCUT2D eigenvalue weighted by Crippen LogP contribution is 2.28. The van der Waals surface area contributed by atoms with Crippen molar-refractivity contribution in [3.8, 4) is 6.07 Å². The van der Waals surface area contributed by atoms with Gasteiger partial charge in [0, 0.05) is 29.9 Å². The lowest BCUT2D eigenvalue weighted by molar-refractivity contribution is -0.117. The Morgan fingerprint density at radius 1 is 1.24 bits per heavy atom. The number of hydrogen-bond acceptors (Lipinski definition) is 4. The molecule has 5 nitrogen and oxygen atoms in total. The molecule has 25 heavy (non-hydrogen) atoms. The third-order valence-corrected chi connectivity index (χ3v) is 4.31. The fourth-order valence-electron chi connectivity index (χ4n) is 3.66. The highest BCUT2D eigenvalue weighted by Gasteiger charge is 2.37. The topological polar surface area (TPSA) is 77.0 Å². The van der Waals surface area contributed by atoms with Crippen LogP contribution < -0.4 is 16.0 Å². The molecule has 1 amide bonds. The summed E-state index contributed by atoms with van der Waals surface area (Å²) in [6.45, 7) is 9.09. The number of amides is 1. The number of rotatable bonds is 5. The zero-order chi connectivity index (χ0) is 18.5. The van der Waals surface area contributed by atoms with Gasteiger partial charge in [0.05, 0.1) is 0 Å². The predicted molar refractivity (Wildman–Crippen MR) is 99.4 cm³/mol. The van der Waals surface area contributed by atoms with Gasteiger partial charge in [-0.2, -0.15) is 5.26 Å². The van der Waals surface area contributed by atoms with Crippen LogP contribution in [0.25, 0.3) is 0 Å². The first-order valence-corrected chi connectivity index (χ1v) is 8.69. The van der Waals surface area contributed by atoms with Crippen LogP contribution in [0.2, 0.25) is 0 Å². The van der Waals surface area contributed by atoms with E-state index in [9.17, 15) is 10.1 Å². The smallest absolute Gasteiger partial charge is 0.263 e. The SMILES string of the molecule is CC1(C)CC(N/C=C(/C#N)C(=O)NCc2ccccc2)CC(C)(C)N1. The average molecular weight is 340 g/mol. The molecule has 0 aromatic heterocycles. The minimum Gasteiger partial charge on any atom is -0.387 e. The molecule has 0 atom stereocenters. The summed E-state index contributed by atoms with van der Waals surface area (Å²) in [5, 5.41) is 19.0. The number of hydrogen-bond donors (Lipinski definition) is 3. The van der Waals surface area contributed by atoms with Gasteiger partial charge in [0.1, 0.15) is 11.6 Å². The van der Waals surface area contributed by atoms with Gasteiger partial charge in [0.15, 0.2) is 0 Å². The summed E-state index contributed by atoms with van der Waals surface area (Å²) in [6.07, 6.45) is 3.41. The molecule has 1 fully saturated rings. The normalized spacial score (nSPS) is 19.7. The Hall–Kier alpha value is -2.32. The molecule has 1 aliphatic heterocycles. The summed E-state index contributed by atoms with van der Waals surface area (Å²) in [7, 11) is 0. The Labute approximate surface area is 150 Å². The van der Waals surface area contributed by atoms with E-state index in [0.29, 0.717) is 6.54 Å². The van der Waals surface area contributed by atoms with E-state index >= 15 is 0 Å². The lowest BCUT2D eigenvalue weighted by Crippen LogP contribution is -2.61. The van der Waals surface area contributed by atoms with Crippen molar-refractivity contribution in [1.29, 1.82) is 5.26 Å². The van der Waals surface area contributed by atoms with E-state index in [1.807, 2.05) is 36.4 Å². The molecule has 0 aliphatic carbocycles. The summed E-state index contributed by atoms with van der Waals surface area (Å²) < 4.78 is 0. The van der Waals surface area contributed by atoms with E-state index in [0.717, 1.165) is 18.4 Å². The summed E-state index contributed by atoms with van der Waals surface area (Å²) in [4.78, 5) is 12.2. The monoisotopic (exact) mass is 340 g/mol. The van der Waals surface area contributed by atoms with Gasteiger partial charge >= 0.3 is 0 Å². The quantitative estimate of drug-likeness (QED) is 0.569. The third kappa shape index (κ3) is 5.91. The van der Waals surface area contributed by atoms with Crippen LogP contribution in [0.15, 0.2) is 42.1 Å². The van der Waals surface area contributed by atoms with Gasteiger partial charge in [0.25, 0.3) is 5.91 Å². The van der Waals surface area contributed by atoms with Gasteiger partial charge < -0.3 is 16.0 Å². The van der Waals surface area contributed by atoms with Crippen molar-refractivity contribution in [3.63, 3.8) is 0 Å². The average Bonchev–Trinajstić information content (AvgIpc) is 2.51. The Morgan fingerprint density at radius 2 is 1.84 bits per heavy atom. The first-order valence-electron chi connectivity index (χ1n) is 8.69. The predicted octanol–water partition coefficient (Wildman–Crippen LogP) is 2.61. The van der Waals surface area contributed by atoms with Crippen LogP contribution in [0.1, 0.15) is 46.1 Å². The molecular formula is C20H28N4O. The van der Waals surface area contributed by atoms with Crippen LogP contribution in [-0.2, 0) is 11.3 Å². The van der Waals surface area contributed by atoms with Crippen molar-refractivity contribution < 1.29 is 4.79 Å². The minimum atomic E-state index is -0.355. The lowest BCUT2D eigenvalue weighted by atomic mass is 9.80. The van der Waals surface area contributed by atoms with E-state index < -0.39 is 0 Å². The number of piperidine rings is 1. The number of benzene rings is 1. The maximum atomic E-state index is 12.2. The van der Waals surface area contributed by atoms with Gasteiger partial charge in [-0.1, -0.05) is 30.3 Å². The van der Waals surface area contributed by atoms with Gasteiger partial charge in [-0.05, 0) is 46.1 Å². The van der Waals surface area contributed by atoms with Gasteiger partial charge in [-0.25, -0.2) is 0 Å². The fraction of sp³-hybridized carbons (Fsp3) is 0.500. The second kappa shape index (κ2) is 7.71. The number of nitrogens with one attached hydrogen (secondary N) is 3. The molecular weight excluding hydrogens is 312 g/mol. The van der Waals surface area contributed by atoms with E-state index in [1.54, 1.807) is 6.20 Å². The first-order chi connectivity index (χ1) is 11.7. The molecule has 0 radical (unpaired) electrons. The van der Waals surface area contributed by atoms with Crippen LogP contribution in [0, 0.1) is 11.3 Å². The first kappa shape index (κ1) is 19.0. The molecule has 1 aliphatic rings. The van der Waals surface area contributed by atoms with Crippen molar-refractivity contribution in [1.82, 2.24) is 16.0 Å². The number of nitrogens with zero attached hydrogens (tertiary/aromatic N) is 1. The second-order valence-corrected chi connectivity index (χ2v) is 8.00. The van der Waals surface area contributed by atoms with Gasteiger partial charge in [-0.3, -0.25) is 4.79 Å². The highest BCUT2D eigenvalue weighted by atomic mass is 16.1. The standard InChI is InChI=1S/C20H28N4O/c1-19(2)10-17(11-20(3,4)24-19)22-14-16(12-21)18(25)23-13-15-8-6-5-7-9-15/h5-9,14,17,22,24H,10-11,13H2,1-4H3,(H,23,25)/b16-14-. The summed E-state index contributed by atoms with van der Waals surface area (Å²) >= 11 is 0. The van der Waals surface area contributed by atoms with Crippen LogP contribution in [0.5, 0.6) is 0 Å². The molecule has 134 valence electrons. The van der Waals surface area contributed by atoms with Crippen molar-refractivity contribution >= 4 is 5.91 Å². The van der Waals surface area contributed by atoms with Crippen molar-refractivity contribution in [2.45, 2.75) is 64.2 Å². The Bertz CT molecular complexity index is 655. The molecule has 0 saturated carbocycles.